The average molecular weight is 433 g/mol. The summed E-state index contributed by atoms with van der Waals surface area (Å²) in [5.41, 5.74) is 6.73. The Morgan fingerprint density at radius 2 is 1.34 bits per heavy atom. The first kappa shape index (κ1) is 23.0. The molecule has 166 valence electrons. The van der Waals surface area contributed by atoms with E-state index >= 15 is 0 Å². The van der Waals surface area contributed by atoms with Crippen LogP contribution >= 0.6 is 0 Å². The van der Waals surface area contributed by atoms with Crippen molar-refractivity contribution >= 4 is 17.6 Å². The number of carboxylic acid groups (broad SMARTS) is 2. The Hall–Kier alpha value is -3.64. The molecule has 0 aliphatic carbocycles. The normalized spacial score (nSPS) is 13.7. The van der Waals surface area contributed by atoms with E-state index in [0.717, 1.165) is 32.7 Å². The molecular formula is C26H28N2O4. The van der Waals surface area contributed by atoms with Crippen molar-refractivity contribution in [3.63, 3.8) is 0 Å². The van der Waals surface area contributed by atoms with Crippen LogP contribution in [-0.2, 0) is 16.1 Å². The van der Waals surface area contributed by atoms with Gasteiger partial charge >= 0.3 is 11.9 Å². The van der Waals surface area contributed by atoms with E-state index in [1.165, 1.54) is 27.9 Å². The Labute approximate surface area is 188 Å². The van der Waals surface area contributed by atoms with E-state index in [1.54, 1.807) is 0 Å². The number of benzene rings is 3. The summed E-state index contributed by atoms with van der Waals surface area (Å²) in [5.74, 6) is -3.65. The molecule has 0 radical (unpaired) electrons. The molecule has 1 aliphatic heterocycles. The molecule has 0 aromatic heterocycles. The third-order valence-electron chi connectivity index (χ3n) is 5.48. The van der Waals surface area contributed by atoms with Gasteiger partial charge in [-0.3, -0.25) is 4.90 Å². The number of rotatable bonds is 4. The second kappa shape index (κ2) is 11.1. The first-order chi connectivity index (χ1) is 15.4. The van der Waals surface area contributed by atoms with Crippen LogP contribution in [0.3, 0.4) is 0 Å². The summed E-state index contributed by atoms with van der Waals surface area (Å²) in [6.45, 7) is 7.66. The molecule has 3 aromatic rings. The minimum absolute atomic E-state index is 1.05. The SMILES string of the molecule is Cc1ccc(N2CCN(Cc3ccccc3)CC2)cc1-c1ccccc1.O=C(O)C(=O)O. The van der Waals surface area contributed by atoms with Gasteiger partial charge in [-0.2, -0.15) is 0 Å². The van der Waals surface area contributed by atoms with Gasteiger partial charge in [-0.15, -0.1) is 0 Å². The van der Waals surface area contributed by atoms with Crippen LogP contribution in [0.25, 0.3) is 11.1 Å². The van der Waals surface area contributed by atoms with Crippen LogP contribution < -0.4 is 4.90 Å². The summed E-state index contributed by atoms with van der Waals surface area (Å²) in [6, 6.07) is 28.4. The maximum atomic E-state index is 9.10. The van der Waals surface area contributed by atoms with E-state index in [0.29, 0.717) is 0 Å². The molecular weight excluding hydrogens is 404 g/mol. The molecule has 6 nitrogen and oxygen atoms in total. The van der Waals surface area contributed by atoms with E-state index in [4.69, 9.17) is 19.8 Å². The molecule has 1 aliphatic rings. The van der Waals surface area contributed by atoms with Crippen molar-refractivity contribution in [1.29, 1.82) is 0 Å². The summed E-state index contributed by atoms with van der Waals surface area (Å²) in [5, 5.41) is 14.8. The highest BCUT2D eigenvalue weighted by atomic mass is 16.4. The summed E-state index contributed by atoms with van der Waals surface area (Å²) >= 11 is 0. The lowest BCUT2D eigenvalue weighted by molar-refractivity contribution is -0.159. The molecule has 0 amide bonds. The van der Waals surface area contributed by atoms with E-state index in [9.17, 15) is 0 Å². The first-order valence-electron chi connectivity index (χ1n) is 10.6. The number of aliphatic carboxylic acids is 2. The molecule has 1 saturated heterocycles. The topological polar surface area (TPSA) is 81.1 Å². The number of carbonyl (C=O) groups is 2. The summed E-state index contributed by atoms with van der Waals surface area (Å²) in [6.07, 6.45) is 0. The van der Waals surface area contributed by atoms with Gasteiger partial charge in [-0.05, 0) is 41.3 Å². The van der Waals surface area contributed by atoms with Gasteiger partial charge < -0.3 is 15.1 Å². The fourth-order valence-corrected chi connectivity index (χ4v) is 3.74. The third-order valence-corrected chi connectivity index (χ3v) is 5.48. The molecule has 0 bridgehead atoms. The van der Waals surface area contributed by atoms with Gasteiger partial charge in [0.05, 0.1) is 0 Å². The third kappa shape index (κ3) is 6.43. The minimum atomic E-state index is -1.82. The molecule has 3 aromatic carbocycles. The lowest BCUT2D eigenvalue weighted by Crippen LogP contribution is -2.45. The second-order valence-electron chi connectivity index (χ2n) is 7.72. The molecule has 32 heavy (non-hydrogen) atoms. The van der Waals surface area contributed by atoms with Gasteiger partial charge in [0.2, 0.25) is 0 Å². The van der Waals surface area contributed by atoms with Crippen LogP contribution in [0.1, 0.15) is 11.1 Å². The van der Waals surface area contributed by atoms with E-state index in [-0.39, 0.29) is 0 Å². The predicted octanol–water partition coefficient (Wildman–Crippen LogP) is 4.14. The smallest absolute Gasteiger partial charge is 0.414 e. The fraction of sp³-hybridized carbons (Fsp3) is 0.231. The van der Waals surface area contributed by atoms with Crippen molar-refractivity contribution in [3.8, 4) is 11.1 Å². The quantitative estimate of drug-likeness (QED) is 0.603. The average Bonchev–Trinajstić information content (AvgIpc) is 2.81. The van der Waals surface area contributed by atoms with Crippen LogP contribution in [0.2, 0.25) is 0 Å². The molecule has 2 N–H and O–H groups in total. The highest BCUT2D eigenvalue weighted by molar-refractivity contribution is 6.27. The summed E-state index contributed by atoms with van der Waals surface area (Å²) in [7, 11) is 0. The van der Waals surface area contributed by atoms with Gasteiger partial charge in [-0.25, -0.2) is 9.59 Å². The number of carboxylic acids is 2. The highest BCUT2D eigenvalue weighted by Crippen LogP contribution is 2.28. The number of hydrogen-bond acceptors (Lipinski definition) is 4. The molecule has 0 spiro atoms. The zero-order valence-corrected chi connectivity index (χ0v) is 18.1. The number of anilines is 1. The van der Waals surface area contributed by atoms with Gasteiger partial charge in [-0.1, -0.05) is 66.7 Å². The fourth-order valence-electron chi connectivity index (χ4n) is 3.74. The van der Waals surface area contributed by atoms with Crippen LogP contribution in [0.15, 0.2) is 78.9 Å². The van der Waals surface area contributed by atoms with E-state index in [2.05, 4.69) is 95.6 Å². The van der Waals surface area contributed by atoms with Crippen molar-refractivity contribution in [1.82, 2.24) is 4.90 Å². The second-order valence-corrected chi connectivity index (χ2v) is 7.72. The Morgan fingerprint density at radius 1 is 0.781 bits per heavy atom. The van der Waals surface area contributed by atoms with Crippen LogP contribution in [0, 0.1) is 6.92 Å². The summed E-state index contributed by atoms with van der Waals surface area (Å²) in [4.78, 5) is 23.3. The Bertz CT molecular complexity index is 1020. The van der Waals surface area contributed by atoms with E-state index < -0.39 is 11.9 Å². The van der Waals surface area contributed by atoms with Gasteiger partial charge in [0.1, 0.15) is 0 Å². The van der Waals surface area contributed by atoms with E-state index in [1.807, 2.05) is 0 Å². The first-order valence-corrected chi connectivity index (χ1v) is 10.6. The number of piperazine rings is 1. The standard InChI is InChI=1S/C24H26N2.C2H2O4/c1-20-12-13-23(18-24(20)22-10-6-3-7-11-22)26-16-14-25(15-17-26)19-21-8-4-2-5-9-21;3-1(4)2(5)6/h2-13,18H,14-17,19H2,1H3;(H,3,4)(H,5,6). The van der Waals surface area contributed by atoms with Crippen molar-refractivity contribution in [2.45, 2.75) is 13.5 Å². The Morgan fingerprint density at radius 3 is 1.91 bits per heavy atom. The Balaban J connectivity index is 0.000000427. The molecule has 1 fully saturated rings. The lowest BCUT2D eigenvalue weighted by Gasteiger charge is -2.36. The van der Waals surface area contributed by atoms with Crippen molar-refractivity contribution in [2.75, 3.05) is 31.1 Å². The Kier molecular flexibility index (Phi) is 8.00. The number of aryl methyl sites for hydroxylation is 1. The molecule has 6 heteroatoms. The number of nitrogens with zero attached hydrogens (tertiary/aromatic N) is 2. The van der Waals surface area contributed by atoms with Gasteiger partial charge in [0, 0.05) is 38.4 Å². The molecule has 1 heterocycles. The predicted molar refractivity (Wildman–Crippen MR) is 126 cm³/mol. The van der Waals surface area contributed by atoms with Gasteiger partial charge in [0.25, 0.3) is 0 Å². The lowest BCUT2D eigenvalue weighted by atomic mass is 9.99. The molecule has 0 unspecified atom stereocenters. The van der Waals surface area contributed by atoms with Crippen molar-refractivity contribution < 1.29 is 19.8 Å². The molecule has 0 saturated carbocycles. The molecule has 0 atom stereocenters. The summed E-state index contributed by atoms with van der Waals surface area (Å²) < 4.78 is 0. The minimum Gasteiger partial charge on any atom is -0.473 e. The van der Waals surface area contributed by atoms with Crippen LogP contribution in [0.4, 0.5) is 5.69 Å². The van der Waals surface area contributed by atoms with Gasteiger partial charge in [0.15, 0.2) is 0 Å². The zero-order valence-electron chi connectivity index (χ0n) is 18.1. The zero-order chi connectivity index (χ0) is 22.9. The monoisotopic (exact) mass is 432 g/mol. The van der Waals surface area contributed by atoms with Crippen molar-refractivity contribution in [2.24, 2.45) is 0 Å². The van der Waals surface area contributed by atoms with Crippen molar-refractivity contribution in [3.05, 3.63) is 90.0 Å². The highest BCUT2D eigenvalue weighted by Gasteiger charge is 2.18. The maximum absolute atomic E-state index is 9.10. The molecule has 4 rings (SSSR count). The largest absolute Gasteiger partial charge is 0.473 e. The van der Waals surface area contributed by atoms with Crippen LogP contribution in [-0.4, -0.2) is 53.2 Å². The number of hydrogen-bond donors (Lipinski definition) is 2. The maximum Gasteiger partial charge on any atom is 0.414 e. The van der Waals surface area contributed by atoms with Crippen LogP contribution in [0.5, 0.6) is 0 Å².